The molecule has 1 aliphatic carbocycles. The predicted octanol–water partition coefficient (Wildman–Crippen LogP) is 3.31. The van der Waals surface area contributed by atoms with Crippen LogP contribution in [0.25, 0.3) is 11.3 Å². The minimum absolute atomic E-state index is 0.0622. The third-order valence-corrected chi connectivity index (χ3v) is 4.78. The molecule has 3 heterocycles. The van der Waals surface area contributed by atoms with Crippen molar-refractivity contribution in [2.24, 2.45) is 0 Å². The van der Waals surface area contributed by atoms with Gasteiger partial charge in [0.2, 0.25) is 11.8 Å². The van der Waals surface area contributed by atoms with Crippen LogP contribution in [0.5, 0.6) is 5.88 Å². The minimum Gasteiger partial charge on any atom is -0.477 e. The van der Waals surface area contributed by atoms with Gasteiger partial charge in [-0.05, 0) is 44.2 Å². The van der Waals surface area contributed by atoms with Crippen LogP contribution in [0.3, 0.4) is 0 Å². The molecule has 0 amide bonds. The quantitative estimate of drug-likeness (QED) is 0.795. The van der Waals surface area contributed by atoms with Gasteiger partial charge in [-0.2, -0.15) is 9.49 Å². The Labute approximate surface area is 150 Å². The standard InChI is InChI=1S/C18H21FN4O3/c1-2-11-4-3-9-23-17(26-11)14(18(24)25)15(22-23)12-7-8-13(21-16(12)19)20-10-5-6-10/h7-8,10-11H,2-6,9H2,1H3,(H,20,21)(H,24,25). The third-order valence-electron chi connectivity index (χ3n) is 4.78. The van der Waals surface area contributed by atoms with Crippen LogP contribution in [0, 0.1) is 5.95 Å². The van der Waals surface area contributed by atoms with Gasteiger partial charge in [-0.1, -0.05) is 6.92 Å². The molecule has 7 nitrogen and oxygen atoms in total. The zero-order valence-electron chi connectivity index (χ0n) is 14.5. The van der Waals surface area contributed by atoms with Crippen molar-refractivity contribution < 1.29 is 19.0 Å². The number of nitrogens with one attached hydrogen (secondary N) is 1. The fourth-order valence-corrected chi connectivity index (χ4v) is 3.20. The Kier molecular flexibility index (Phi) is 4.26. The zero-order valence-corrected chi connectivity index (χ0v) is 14.5. The average Bonchev–Trinajstić information content (AvgIpc) is 3.38. The number of nitrogens with zero attached hydrogens (tertiary/aromatic N) is 3. The Bertz CT molecular complexity index is 847. The monoisotopic (exact) mass is 360 g/mol. The second-order valence-electron chi connectivity index (χ2n) is 6.80. The van der Waals surface area contributed by atoms with Gasteiger partial charge in [-0.15, -0.1) is 0 Å². The maximum absolute atomic E-state index is 14.6. The highest BCUT2D eigenvalue weighted by Crippen LogP contribution is 2.35. The number of carboxylic acids is 1. The lowest BCUT2D eigenvalue weighted by molar-refractivity contribution is 0.0689. The Balaban J connectivity index is 1.75. The molecule has 8 heteroatoms. The lowest BCUT2D eigenvalue weighted by Crippen LogP contribution is -2.15. The van der Waals surface area contributed by atoms with Crippen LogP contribution in [0.1, 0.15) is 49.4 Å². The van der Waals surface area contributed by atoms with Crippen molar-refractivity contribution in [3.63, 3.8) is 0 Å². The molecule has 0 saturated heterocycles. The van der Waals surface area contributed by atoms with E-state index in [1.165, 1.54) is 10.7 Å². The lowest BCUT2D eigenvalue weighted by atomic mass is 10.1. The largest absolute Gasteiger partial charge is 0.477 e. The van der Waals surface area contributed by atoms with E-state index in [-0.39, 0.29) is 28.8 Å². The molecule has 0 spiro atoms. The summed E-state index contributed by atoms with van der Waals surface area (Å²) in [5.74, 6) is -1.26. The normalized spacial score (nSPS) is 19.4. The summed E-state index contributed by atoms with van der Waals surface area (Å²) in [7, 11) is 0. The molecule has 138 valence electrons. The maximum atomic E-state index is 14.6. The van der Waals surface area contributed by atoms with Crippen LogP contribution in [-0.4, -0.2) is 38.0 Å². The molecule has 1 unspecified atom stereocenters. The van der Waals surface area contributed by atoms with Crippen molar-refractivity contribution in [1.29, 1.82) is 0 Å². The summed E-state index contributed by atoms with van der Waals surface area (Å²) in [6.45, 7) is 2.54. The minimum atomic E-state index is -1.18. The summed E-state index contributed by atoms with van der Waals surface area (Å²) in [6, 6.07) is 3.53. The molecule has 1 aliphatic heterocycles. The lowest BCUT2D eigenvalue weighted by Gasteiger charge is -2.14. The van der Waals surface area contributed by atoms with Crippen LogP contribution in [0.4, 0.5) is 10.2 Å². The van der Waals surface area contributed by atoms with Crippen LogP contribution in [0.2, 0.25) is 0 Å². The summed E-state index contributed by atoms with van der Waals surface area (Å²) < 4.78 is 22.0. The summed E-state index contributed by atoms with van der Waals surface area (Å²) in [4.78, 5) is 15.8. The molecule has 1 saturated carbocycles. The topological polar surface area (TPSA) is 89.3 Å². The molecule has 0 aromatic carbocycles. The van der Waals surface area contributed by atoms with Gasteiger partial charge in [-0.3, -0.25) is 0 Å². The van der Waals surface area contributed by atoms with Crippen LogP contribution >= 0.6 is 0 Å². The number of anilines is 1. The van der Waals surface area contributed by atoms with E-state index in [0.717, 1.165) is 32.1 Å². The summed E-state index contributed by atoms with van der Waals surface area (Å²) in [5.41, 5.74) is 0.0298. The Morgan fingerprint density at radius 1 is 1.42 bits per heavy atom. The number of ether oxygens (including phenoxy) is 1. The predicted molar refractivity (Wildman–Crippen MR) is 93.0 cm³/mol. The van der Waals surface area contributed by atoms with E-state index in [4.69, 9.17) is 4.74 Å². The molecule has 26 heavy (non-hydrogen) atoms. The number of halogens is 1. The van der Waals surface area contributed by atoms with Gasteiger partial charge in [0.1, 0.15) is 23.2 Å². The van der Waals surface area contributed by atoms with Crippen LogP contribution in [-0.2, 0) is 6.54 Å². The molecule has 2 N–H and O–H groups in total. The Morgan fingerprint density at radius 3 is 2.88 bits per heavy atom. The van der Waals surface area contributed by atoms with Gasteiger partial charge in [0.25, 0.3) is 0 Å². The fourth-order valence-electron chi connectivity index (χ4n) is 3.20. The first-order valence-electron chi connectivity index (χ1n) is 9.01. The van der Waals surface area contributed by atoms with Gasteiger partial charge in [0.15, 0.2) is 0 Å². The van der Waals surface area contributed by atoms with E-state index in [1.54, 1.807) is 6.07 Å². The van der Waals surface area contributed by atoms with Crippen molar-refractivity contribution in [2.45, 2.75) is 57.7 Å². The number of pyridine rings is 1. The van der Waals surface area contributed by atoms with Gasteiger partial charge in [0, 0.05) is 12.6 Å². The van der Waals surface area contributed by atoms with Crippen molar-refractivity contribution >= 4 is 11.8 Å². The molecular weight excluding hydrogens is 339 g/mol. The zero-order chi connectivity index (χ0) is 18.3. The summed E-state index contributed by atoms with van der Waals surface area (Å²) >= 11 is 0. The van der Waals surface area contributed by atoms with Gasteiger partial charge in [-0.25, -0.2) is 14.5 Å². The summed E-state index contributed by atoms with van der Waals surface area (Å²) in [5, 5.41) is 17.2. The second kappa shape index (κ2) is 6.59. The van der Waals surface area contributed by atoms with Crippen molar-refractivity contribution in [3.8, 4) is 17.1 Å². The molecule has 2 aromatic rings. The number of hydrogen-bond acceptors (Lipinski definition) is 5. The number of hydrogen-bond donors (Lipinski definition) is 2. The first kappa shape index (κ1) is 16.8. The Morgan fingerprint density at radius 2 is 2.23 bits per heavy atom. The smallest absolute Gasteiger partial charge is 0.343 e. The van der Waals surface area contributed by atoms with Crippen LogP contribution < -0.4 is 10.1 Å². The van der Waals surface area contributed by atoms with Gasteiger partial charge >= 0.3 is 5.97 Å². The molecule has 1 fully saturated rings. The highest BCUT2D eigenvalue weighted by molar-refractivity contribution is 5.97. The molecule has 2 aliphatic rings. The molecule has 0 bridgehead atoms. The molecule has 4 rings (SSSR count). The van der Waals surface area contributed by atoms with Gasteiger partial charge < -0.3 is 15.2 Å². The van der Waals surface area contributed by atoms with E-state index in [9.17, 15) is 14.3 Å². The molecule has 2 aromatic heterocycles. The van der Waals surface area contributed by atoms with E-state index < -0.39 is 11.9 Å². The number of carboxylic acid groups (broad SMARTS) is 1. The SMILES string of the molecule is CCC1CCCn2nc(-c3ccc(NC4CC4)nc3F)c(C(=O)O)c2O1. The molecular formula is C18H21FN4O3. The van der Waals surface area contributed by atoms with Crippen LogP contribution in [0.15, 0.2) is 12.1 Å². The number of aromatic carboxylic acids is 1. The van der Waals surface area contributed by atoms with E-state index in [0.29, 0.717) is 18.4 Å². The van der Waals surface area contributed by atoms with Crippen molar-refractivity contribution in [3.05, 3.63) is 23.6 Å². The van der Waals surface area contributed by atoms with E-state index in [1.807, 2.05) is 6.92 Å². The van der Waals surface area contributed by atoms with E-state index in [2.05, 4.69) is 15.4 Å². The Hall–Kier alpha value is -2.64. The average molecular weight is 360 g/mol. The van der Waals surface area contributed by atoms with Crippen molar-refractivity contribution in [2.75, 3.05) is 5.32 Å². The van der Waals surface area contributed by atoms with Gasteiger partial charge in [0.05, 0.1) is 5.56 Å². The number of rotatable bonds is 5. The number of aromatic nitrogens is 3. The highest BCUT2D eigenvalue weighted by atomic mass is 19.1. The summed E-state index contributed by atoms with van der Waals surface area (Å²) in [6.07, 6.45) is 4.49. The first-order valence-corrected chi connectivity index (χ1v) is 9.01. The third kappa shape index (κ3) is 3.11. The number of carbonyl (C=O) groups is 1. The second-order valence-corrected chi connectivity index (χ2v) is 6.80. The van der Waals surface area contributed by atoms with E-state index >= 15 is 0 Å². The maximum Gasteiger partial charge on any atom is 0.343 e. The fraction of sp³-hybridized carbons (Fsp3) is 0.500. The number of aryl methyl sites for hydroxylation is 1. The molecule has 1 atom stereocenters. The first-order chi connectivity index (χ1) is 12.6. The van der Waals surface area contributed by atoms with Crippen molar-refractivity contribution in [1.82, 2.24) is 14.8 Å². The number of fused-ring (bicyclic) bond motifs is 1. The highest BCUT2D eigenvalue weighted by Gasteiger charge is 2.31. The molecule has 0 radical (unpaired) electrons.